The zero-order valence-corrected chi connectivity index (χ0v) is 14.8. The SMILES string of the molecule is CCC1(C)CCN(S(=O)(=O)c2cc(CCl)oc2Br)CC1. The summed E-state index contributed by atoms with van der Waals surface area (Å²) in [6.07, 6.45) is 2.85. The molecule has 0 spiro atoms. The van der Waals surface area contributed by atoms with Crippen LogP contribution in [0.3, 0.4) is 0 Å². The van der Waals surface area contributed by atoms with Crippen LogP contribution in [0.2, 0.25) is 0 Å². The Bertz CT molecular complexity index is 576. The van der Waals surface area contributed by atoms with Gasteiger partial charge in [0.25, 0.3) is 0 Å². The summed E-state index contributed by atoms with van der Waals surface area (Å²) in [5, 5.41) is 0. The van der Waals surface area contributed by atoms with Gasteiger partial charge in [0.15, 0.2) is 4.67 Å². The molecule has 20 heavy (non-hydrogen) atoms. The van der Waals surface area contributed by atoms with Crippen LogP contribution in [0, 0.1) is 5.41 Å². The van der Waals surface area contributed by atoms with Crippen LogP contribution in [0.1, 0.15) is 38.9 Å². The highest BCUT2D eigenvalue weighted by Crippen LogP contribution is 2.37. The van der Waals surface area contributed by atoms with E-state index in [1.807, 2.05) is 0 Å². The van der Waals surface area contributed by atoms with E-state index in [0.717, 1.165) is 19.3 Å². The van der Waals surface area contributed by atoms with Gasteiger partial charge >= 0.3 is 0 Å². The van der Waals surface area contributed by atoms with E-state index in [2.05, 4.69) is 29.8 Å². The Balaban J connectivity index is 2.21. The molecule has 0 radical (unpaired) electrons. The van der Waals surface area contributed by atoms with Gasteiger partial charge in [-0.1, -0.05) is 20.3 Å². The van der Waals surface area contributed by atoms with Gasteiger partial charge in [0.2, 0.25) is 10.0 Å². The van der Waals surface area contributed by atoms with E-state index in [1.54, 1.807) is 0 Å². The smallest absolute Gasteiger partial charge is 0.247 e. The zero-order chi connectivity index (χ0) is 15.0. The Labute approximate surface area is 133 Å². The minimum absolute atomic E-state index is 0.155. The number of hydrogen-bond donors (Lipinski definition) is 0. The van der Waals surface area contributed by atoms with Crippen molar-refractivity contribution >= 4 is 37.6 Å². The first-order chi connectivity index (χ1) is 9.32. The molecule has 1 aromatic heterocycles. The van der Waals surface area contributed by atoms with Crippen LogP contribution in [-0.4, -0.2) is 25.8 Å². The van der Waals surface area contributed by atoms with Crippen molar-refractivity contribution in [2.75, 3.05) is 13.1 Å². The monoisotopic (exact) mass is 383 g/mol. The molecule has 0 aliphatic carbocycles. The Morgan fingerprint density at radius 3 is 2.50 bits per heavy atom. The lowest BCUT2D eigenvalue weighted by Crippen LogP contribution is -2.41. The molecule has 0 amide bonds. The largest absolute Gasteiger partial charge is 0.452 e. The first-order valence-corrected chi connectivity index (χ1v) is 9.43. The summed E-state index contributed by atoms with van der Waals surface area (Å²) >= 11 is 8.85. The summed E-state index contributed by atoms with van der Waals surface area (Å²) in [4.78, 5) is 0.174. The van der Waals surface area contributed by atoms with E-state index in [9.17, 15) is 8.42 Å². The highest BCUT2D eigenvalue weighted by Gasteiger charge is 2.36. The van der Waals surface area contributed by atoms with Crippen molar-refractivity contribution in [3.05, 3.63) is 16.5 Å². The first-order valence-electron chi connectivity index (χ1n) is 6.67. The molecular weight excluding hydrogens is 366 g/mol. The van der Waals surface area contributed by atoms with Crippen LogP contribution in [0.15, 0.2) is 20.0 Å². The van der Waals surface area contributed by atoms with Crippen LogP contribution in [-0.2, 0) is 15.9 Å². The Morgan fingerprint density at radius 1 is 1.45 bits per heavy atom. The average molecular weight is 385 g/mol. The van der Waals surface area contributed by atoms with Crippen LogP contribution < -0.4 is 0 Å². The molecule has 0 N–H and O–H groups in total. The Kier molecular flexibility index (Phi) is 4.89. The predicted octanol–water partition coefficient (Wildman–Crippen LogP) is 3.98. The molecule has 0 atom stereocenters. The van der Waals surface area contributed by atoms with Crippen molar-refractivity contribution < 1.29 is 12.8 Å². The molecule has 0 unspecified atom stereocenters. The maximum absolute atomic E-state index is 12.6. The topological polar surface area (TPSA) is 50.5 Å². The minimum Gasteiger partial charge on any atom is -0.452 e. The van der Waals surface area contributed by atoms with Gasteiger partial charge in [-0.3, -0.25) is 0 Å². The molecular formula is C13H19BrClNO3S. The number of piperidine rings is 1. The van der Waals surface area contributed by atoms with E-state index < -0.39 is 10.0 Å². The third-order valence-electron chi connectivity index (χ3n) is 4.24. The molecule has 4 nitrogen and oxygen atoms in total. The quantitative estimate of drug-likeness (QED) is 0.738. The second kappa shape index (κ2) is 5.99. The lowest BCUT2D eigenvalue weighted by molar-refractivity contribution is 0.169. The van der Waals surface area contributed by atoms with Crippen molar-refractivity contribution in [3.63, 3.8) is 0 Å². The standard InChI is InChI=1S/C13H19BrClNO3S/c1-3-13(2)4-6-16(7-5-13)20(17,18)11-8-10(9-15)19-12(11)14/h8H,3-7,9H2,1-2H3. The zero-order valence-electron chi connectivity index (χ0n) is 11.7. The molecule has 2 rings (SSSR count). The molecule has 114 valence electrons. The lowest BCUT2D eigenvalue weighted by Gasteiger charge is -2.38. The Morgan fingerprint density at radius 2 is 2.05 bits per heavy atom. The van der Waals surface area contributed by atoms with E-state index in [0.29, 0.717) is 18.8 Å². The molecule has 1 fully saturated rings. The summed E-state index contributed by atoms with van der Waals surface area (Å²) in [5.41, 5.74) is 0.251. The van der Waals surface area contributed by atoms with Gasteiger partial charge in [-0.15, -0.1) is 11.6 Å². The number of furan rings is 1. The van der Waals surface area contributed by atoms with Gasteiger partial charge < -0.3 is 4.42 Å². The van der Waals surface area contributed by atoms with E-state index in [1.165, 1.54) is 10.4 Å². The second-order valence-electron chi connectivity index (χ2n) is 5.55. The molecule has 1 aliphatic rings. The summed E-state index contributed by atoms with van der Waals surface area (Å²) in [5.74, 6) is 0.606. The summed E-state index contributed by atoms with van der Waals surface area (Å²) in [6, 6.07) is 1.50. The normalized spacial score (nSPS) is 20.2. The molecule has 0 aromatic carbocycles. The minimum atomic E-state index is -3.51. The number of halogens is 2. The highest BCUT2D eigenvalue weighted by molar-refractivity contribution is 9.10. The number of alkyl halides is 1. The lowest BCUT2D eigenvalue weighted by atomic mass is 9.79. The number of sulfonamides is 1. The molecule has 1 aromatic rings. The maximum Gasteiger partial charge on any atom is 0.247 e. The van der Waals surface area contributed by atoms with Gasteiger partial charge in [0.05, 0.1) is 5.88 Å². The molecule has 2 heterocycles. The first kappa shape index (κ1) is 16.3. The number of nitrogens with zero attached hydrogens (tertiary/aromatic N) is 1. The third kappa shape index (κ3) is 3.08. The summed E-state index contributed by atoms with van der Waals surface area (Å²) in [7, 11) is -3.51. The van der Waals surface area contributed by atoms with Crippen LogP contribution >= 0.6 is 27.5 Å². The second-order valence-corrected chi connectivity index (χ2v) is 8.45. The van der Waals surface area contributed by atoms with Crippen molar-refractivity contribution in [2.24, 2.45) is 5.41 Å². The van der Waals surface area contributed by atoms with E-state index >= 15 is 0 Å². The van der Waals surface area contributed by atoms with Crippen LogP contribution in [0.25, 0.3) is 0 Å². The van der Waals surface area contributed by atoms with Crippen LogP contribution in [0.4, 0.5) is 0 Å². The number of hydrogen-bond acceptors (Lipinski definition) is 3. The van der Waals surface area contributed by atoms with Crippen molar-refractivity contribution in [1.82, 2.24) is 4.31 Å². The number of rotatable bonds is 4. The average Bonchev–Trinajstić information content (AvgIpc) is 2.81. The summed E-state index contributed by atoms with van der Waals surface area (Å²) in [6.45, 7) is 5.49. The fourth-order valence-corrected chi connectivity index (χ4v) is 4.93. The fourth-order valence-electron chi connectivity index (χ4n) is 2.40. The summed E-state index contributed by atoms with van der Waals surface area (Å²) < 4.78 is 32.3. The van der Waals surface area contributed by atoms with Crippen LogP contribution in [0.5, 0.6) is 0 Å². The van der Waals surface area contributed by atoms with Crippen molar-refractivity contribution in [3.8, 4) is 0 Å². The van der Waals surface area contributed by atoms with Crippen molar-refractivity contribution in [1.29, 1.82) is 0 Å². The Hall–Kier alpha value is -0.0400. The van der Waals surface area contributed by atoms with Gasteiger partial charge in [-0.25, -0.2) is 8.42 Å². The van der Waals surface area contributed by atoms with Gasteiger partial charge in [-0.05, 0) is 34.2 Å². The molecule has 1 saturated heterocycles. The van der Waals surface area contributed by atoms with Gasteiger partial charge in [0.1, 0.15) is 10.7 Å². The third-order valence-corrected chi connectivity index (χ3v) is 7.26. The molecule has 7 heteroatoms. The molecule has 1 aliphatic heterocycles. The van der Waals surface area contributed by atoms with Gasteiger partial charge in [0, 0.05) is 19.2 Å². The predicted molar refractivity (Wildman–Crippen MR) is 82.4 cm³/mol. The van der Waals surface area contributed by atoms with E-state index in [-0.39, 0.29) is 20.9 Å². The van der Waals surface area contributed by atoms with Crippen molar-refractivity contribution in [2.45, 2.75) is 43.9 Å². The molecule has 0 bridgehead atoms. The fraction of sp³-hybridized carbons (Fsp3) is 0.692. The van der Waals surface area contributed by atoms with E-state index in [4.69, 9.17) is 16.0 Å². The maximum atomic E-state index is 12.6. The molecule has 0 saturated carbocycles. The van der Waals surface area contributed by atoms with Gasteiger partial charge in [-0.2, -0.15) is 4.31 Å². The highest BCUT2D eigenvalue weighted by atomic mass is 79.9.